The van der Waals surface area contributed by atoms with Crippen molar-refractivity contribution in [1.82, 2.24) is 0 Å². The molecule has 0 heterocycles. The van der Waals surface area contributed by atoms with E-state index in [1.165, 1.54) is 13.2 Å². The van der Waals surface area contributed by atoms with Crippen LogP contribution < -0.4 is 10.1 Å². The third-order valence-corrected chi connectivity index (χ3v) is 3.82. The second kappa shape index (κ2) is 6.56. The predicted octanol–water partition coefficient (Wildman–Crippen LogP) is 2.57. The zero-order valence-corrected chi connectivity index (χ0v) is 11.5. The fourth-order valence-electron chi connectivity index (χ4n) is 2.61. The molecule has 1 aliphatic carbocycles. The van der Waals surface area contributed by atoms with Crippen LogP contribution in [0.2, 0.25) is 0 Å². The van der Waals surface area contributed by atoms with Crippen molar-refractivity contribution in [3.05, 3.63) is 28.3 Å². The van der Waals surface area contributed by atoms with E-state index in [4.69, 9.17) is 4.74 Å². The second-order valence-electron chi connectivity index (χ2n) is 5.13. The van der Waals surface area contributed by atoms with Crippen molar-refractivity contribution in [2.75, 3.05) is 19.0 Å². The number of hydrogen-bond acceptors (Lipinski definition) is 5. The molecule has 1 aromatic rings. The van der Waals surface area contributed by atoms with E-state index >= 15 is 0 Å². The van der Waals surface area contributed by atoms with Gasteiger partial charge in [-0.15, -0.1) is 0 Å². The minimum Gasteiger partial charge on any atom is -0.497 e. The van der Waals surface area contributed by atoms with Crippen molar-refractivity contribution in [3.8, 4) is 5.75 Å². The van der Waals surface area contributed by atoms with E-state index in [-0.39, 0.29) is 17.7 Å². The Morgan fingerprint density at radius 2 is 2.20 bits per heavy atom. The Hall–Kier alpha value is -1.82. The van der Waals surface area contributed by atoms with Gasteiger partial charge in [0.05, 0.1) is 18.1 Å². The minimum absolute atomic E-state index is 0.0242. The van der Waals surface area contributed by atoms with E-state index in [1.807, 2.05) is 0 Å². The summed E-state index contributed by atoms with van der Waals surface area (Å²) in [6, 6.07) is 4.62. The summed E-state index contributed by atoms with van der Waals surface area (Å²) in [6.07, 6.45) is 3.60. The summed E-state index contributed by atoms with van der Waals surface area (Å²) < 4.78 is 5.09. The monoisotopic (exact) mass is 280 g/mol. The minimum atomic E-state index is -0.418. The number of nitrogens with one attached hydrogen (secondary N) is 1. The van der Waals surface area contributed by atoms with E-state index in [0.717, 1.165) is 25.7 Å². The summed E-state index contributed by atoms with van der Waals surface area (Å²) in [5.74, 6) is 0.719. The number of benzene rings is 1. The quantitative estimate of drug-likeness (QED) is 0.639. The van der Waals surface area contributed by atoms with Crippen molar-refractivity contribution >= 4 is 11.4 Å². The molecule has 20 heavy (non-hydrogen) atoms. The lowest BCUT2D eigenvalue weighted by molar-refractivity contribution is -0.384. The van der Waals surface area contributed by atoms with Crippen molar-refractivity contribution in [2.45, 2.75) is 31.8 Å². The zero-order valence-electron chi connectivity index (χ0n) is 11.5. The van der Waals surface area contributed by atoms with Crippen LogP contribution in [0.15, 0.2) is 18.2 Å². The van der Waals surface area contributed by atoms with Crippen LogP contribution >= 0.6 is 0 Å². The Morgan fingerprint density at radius 3 is 2.85 bits per heavy atom. The number of nitro benzene ring substituents is 1. The van der Waals surface area contributed by atoms with Crippen LogP contribution in [0, 0.1) is 16.0 Å². The van der Waals surface area contributed by atoms with Gasteiger partial charge in [-0.1, -0.05) is 12.8 Å². The first-order valence-corrected chi connectivity index (χ1v) is 6.86. The molecule has 6 heteroatoms. The lowest BCUT2D eigenvalue weighted by Gasteiger charge is -2.27. The number of anilines is 1. The van der Waals surface area contributed by atoms with Crippen LogP contribution in [-0.2, 0) is 0 Å². The van der Waals surface area contributed by atoms with E-state index < -0.39 is 4.92 Å². The molecule has 1 aromatic carbocycles. The number of hydrogen-bond donors (Lipinski definition) is 2. The molecule has 0 aliphatic heterocycles. The molecule has 2 atom stereocenters. The van der Waals surface area contributed by atoms with Gasteiger partial charge in [-0.05, 0) is 18.9 Å². The van der Waals surface area contributed by atoms with E-state index in [2.05, 4.69) is 5.32 Å². The molecule has 0 aromatic heterocycles. The van der Waals surface area contributed by atoms with Gasteiger partial charge in [0, 0.05) is 24.6 Å². The molecule has 0 amide bonds. The average molecular weight is 280 g/mol. The van der Waals surface area contributed by atoms with Crippen LogP contribution in [0.1, 0.15) is 25.7 Å². The van der Waals surface area contributed by atoms with Gasteiger partial charge in [-0.3, -0.25) is 10.1 Å². The molecular weight excluding hydrogens is 260 g/mol. The topological polar surface area (TPSA) is 84.6 Å². The molecule has 6 nitrogen and oxygen atoms in total. The van der Waals surface area contributed by atoms with Gasteiger partial charge in [0.25, 0.3) is 5.69 Å². The standard InChI is InChI=1S/C14H20N2O4/c1-20-11-6-7-13(16(18)19)12(8-11)15-9-10-4-2-3-5-14(10)17/h6-8,10,14-15,17H,2-5,9H2,1H3. The summed E-state index contributed by atoms with van der Waals surface area (Å²) >= 11 is 0. The first-order valence-electron chi connectivity index (χ1n) is 6.86. The lowest BCUT2D eigenvalue weighted by atomic mass is 9.86. The van der Waals surface area contributed by atoms with Crippen LogP contribution in [0.3, 0.4) is 0 Å². The number of aliphatic hydroxyl groups excluding tert-OH is 1. The summed E-state index contributed by atoms with van der Waals surface area (Å²) in [4.78, 5) is 10.6. The second-order valence-corrected chi connectivity index (χ2v) is 5.13. The van der Waals surface area contributed by atoms with Gasteiger partial charge in [0.1, 0.15) is 11.4 Å². The number of nitro groups is 1. The van der Waals surface area contributed by atoms with Crippen LogP contribution in [-0.4, -0.2) is 29.8 Å². The maximum atomic E-state index is 11.0. The first-order chi connectivity index (χ1) is 9.61. The molecule has 0 radical (unpaired) electrons. The van der Waals surface area contributed by atoms with Crippen molar-refractivity contribution in [2.24, 2.45) is 5.92 Å². The van der Waals surface area contributed by atoms with Crippen molar-refractivity contribution < 1.29 is 14.8 Å². The molecule has 0 bridgehead atoms. The Bertz CT molecular complexity index is 478. The van der Waals surface area contributed by atoms with Crippen LogP contribution in [0.5, 0.6) is 5.75 Å². The van der Waals surface area contributed by atoms with E-state index in [0.29, 0.717) is 18.0 Å². The SMILES string of the molecule is COc1ccc([N+](=O)[O-])c(NCC2CCCCC2O)c1. The fourth-order valence-corrected chi connectivity index (χ4v) is 2.61. The van der Waals surface area contributed by atoms with Gasteiger partial charge in [0.2, 0.25) is 0 Å². The Labute approximate surface area is 117 Å². The summed E-state index contributed by atoms with van der Waals surface area (Å²) in [6.45, 7) is 0.537. The molecule has 0 saturated heterocycles. The molecule has 2 rings (SSSR count). The summed E-state index contributed by atoms with van der Waals surface area (Å²) in [7, 11) is 1.52. The highest BCUT2D eigenvalue weighted by molar-refractivity contribution is 5.64. The van der Waals surface area contributed by atoms with Crippen molar-refractivity contribution in [1.29, 1.82) is 0 Å². The Morgan fingerprint density at radius 1 is 1.45 bits per heavy atom. The molecule has 0 spiro atoms. The molecule has 1 saturated carbocycles. The number of methoxy groups -OCH3 is 1. The van der Waals surface area contributed by atoms with Crippen LogP contribution in [0.4, 0.5) is 11.4 Å². The van der Waals surface area contributed by atoms with E-state index in [9.17, 15) is 15.2 Å². The third-order valence-electron chi connectivity index (χ3n) is 3.82. The number of nitrogens with zero attached hydrogens (tertiary/aromatic N) is 1. The van der Waals surface area contributed by atoms with Gasteiger partial charge in [0.15, 0.2) is 0 Å². The highest BCUT2D eigenvalue weighted by Gasteiger charge is 2.24. The molecule has 1 aliphatic rings. The van der Waals surface area contributed by atoms with Gasteiger partial charge in [-0.25, -0.2) is 0 Å². The highest BCUT2D eigenvalue weighted by Crippen LogP contribution is 2.30. The smallest absolute Gasteiger partial charge is 0.292 e. The first kappa shape index (κ1) is 14.6. The van der Waals surface area contributed by atoms with Crippen LogP contribution in [0.25, 0.3) is 0 Å². The molecule has 2 N–H and O–H groups in total. The molecule has 2 unspecified atom stereocenters. The third kappa shape index (κ3) is 3.39. The molecule has 1 fully saturated rings. The fraction of sp³-hybridized carbons (Fsp3) is 0.571. The number of ether oxygens (including phenoxy) is 1. The Balaban J connectivity index is 2.08. The average Bonchev–Trinajstić information content (AvgIpc) is 2.46. The number of rotatable bonds is 5. The Kier molecular flexibility index (Phi) is 4.79. The summed E-state index contributed by atoms with van der Waals surface area (Å²) in [5, 5.41) is 24.0. The predicted molar refractivity (Wildman–Crippen MR) is 76.1 cm³/mol. The maximum absolute atomic E-state index is 11.0. The van der Waals surface area contributed by atoms with Gasteiger partial charge < -0.3 is 15.2 Å². The zero-order chi connectivity index (χ0) is 14.5. The van der Waals surface area contributed by atoms with Crippen molar-refractivity contribution in [3.63, 3.8) is 0 Å². The molecular formula is C14H20N2O4. The van der Waals surface area contributed by atoms with Gasteiger partial charge >= 0.3 is 0 Å². The largest absolute Gasteiger partial charge is 0.497 e. The normalized spacial score (nSPS) is 22.3. The lowest BCUT2D eigenvalue weighted by Crippen LogP contribution is -2.30. The number of aliphatic hydroxyl groups is 1. The highest BCUT2D eigenvalue weighted by atomic mass is 16.6. The van der Waals surface area contributed by atoms with Gasteiger partial charge in [-0.2, -0.15) is 0 Å². The molecule has 110 valence electrons. The summed E-state index contributed by atoms with van der Waals surface area (Å²) in [5.41, 5.74) is 0.461. The maximum Gasteiger partial charge on any atom is 0.292 e. The van der Waals surface area contributed by atoms with E-state index in [1.54, 1.807) is 12.1 Å².